The summed E-state index contributed by atoms with van der Waals surface area (Å²) in [7, 11) is 0. The van der Waals surface area contributed by atoms with Crippen molar-refractivity contribution in [3.63, 3.8) is 0 Å². The summed E-state index contributed by atoms with van der Waals surface area (Å²) < 4.78 is 16.4. The first-order chi connectivity index (χ1) is 15.7. The number of piperidine rings is 1. The van der Waals surface area contributed by atoms with Gasteiger partial charge in [0.2, 0.25) is 0 Å². The maximum atomic E-state index is 13.8. The molecule has 0 N–H and O–H groups in total. The Morgan fingerprint density at radius 2 is 1.72 bits per heavy atom. The smallest absolute Gasteiger partial charge is 0.125 e. The molecule has 3 heterocycles. The first kappa shape index (κ1) is 20.7. The molecule has 32 heavy (non-hydrogen) atoms. The summed E-state index contributed by atoms with van der Waals surface area (Å²) >= 11 is 1.98. The van der Waals surface area contributed by atoms with Gasteiger partial charge in [-0.3, -0.25) is 4.90 Å². The van der Waals surface area contributed by atoms with Crippen molar-refractivity contribution < 1.29 is 4.39 Å². The number of thioether (sulfide) groups is 1. The van der Waals surface area contributed by atoms with Gasteiger partial charge in [0, 0.05) is 35.0 Å². The second kappa shape index (κ2) is 8.49. The average Bonchev–Trinajstić information content (AvgIpc) is 3.53. The quantitative estimate of drug-likeness (QED) is 0.295. The van der Waals surface area contributed by atoms with E-state index in [1.807, 2.05) is 17.8 Å². The molecule has 3 aliphatic rings. The predicted octanol–water partition coefficient (Wildman–Crippen LogP) is 6.71. The zero-order valence-electron chi connectivity index (χ0n) is 18.8. The highest BCUT2D eigenvalue weighted by Gasteiger charge is 2.42. The molecule has 6 rings (SSSR count). The van der Waals surface area contributed by atoms with Gasteiger partial charge >= 0.3 is 0 Å². The molecular formula is C27H32FN3S. The Morgan fingerprint density at radius 1 is 0.969 bits per heavy atom. The molecule has 2 unspecified atom stereocenters. The van der Waals surface area contributed by atoms with E-state index in [2.05, 4.69) is 40.7 Å². The van der Waals surface area contributed by atoms with Gasteiger partial charge in [-0.25, -0.2) is 9.37 Å². The first-order valence-electron chi connectivity index (χ1n) is 12.3. The molecule has 2 saturated heterocycles. The van der Waals surface area contributed by atoms with Crippen LogP contribution in [0.3, 0.4) is 0 Å². The fraction of sp³-hybridized carbons (Fsp3) is 0.519. The first-order valence-corrected chi connectivity index (χ1v) is 13.3. The Labute approximate surface area is 194 Å². The highest BCUT2D eigenvalue weighted by molar-refractivity contribution is 7.99. The Morgan fingerprint density at radius 3 is 2.44 bits per heavy atom. The number of imidazole rings is 1. The van der Waals surface area contributed by atoms with E-state index in [4.69, 9.17) is 4.98 Å². The number of hydrogen-bond donors (Lipinski definition) is 0. The lowest BCUT2D eigenvalue weighted by atomic mass is 9.96. The minimum Gasteiger partial charge on any atom is -0.325 e. The fourth-order valence-corrected chi connectivity index (χ4v) is 6.83. The molecule has 168 valence electrons. The molecule has 2 bridgehead atoms. The number of nitrogens with zero attached hydrogens (tertiary/aromatic N) is 3. The van der Waals surface area contributed by atoms with Crippen molar-refractivity contribution >= 4 is 22.8 Å². The third-order valence-electron chi connectivity index (χ3n) is 7.70. The molecule has 2 aliphatic heterocycles. The highest BCUT2D eigenvalue weighted by Crippen LogP contribution is 2.46. The Hall–Kier alpha value is -1.85. The molecular weight excluding hydrogens is 417 g/mol. The third kappa shape index (κ3) is 3.99. The van der Waals surface area contributed by atoms with Gasteiger partial charge in [-0.15, -0.1) is 11.8 Å². The Balaban J connectivity index is 1.13. The van der Waals surface area contributed by atoms with Gasteiger partial charge < -0.3 is 4.57 Å². The molecule has 0 radical (unpaired) electrons. The van der Waals surface area contributed by atoms with Crippen LogP contribution in [0.2, 0.25) is 0 Å². The van der Waals surface area contributed by atoms with Crippen molar-refractivity contribution in [3.05, 3.63) is 59.7 Å². The second-order valence-electron chi connectivity index (χ2n) is 10.0. The maximum Gasteiger partial charge on any atom is 0.125 e. The van der Waals surface area contributed by atoms with Crippen molar-refractivity contribution in [2.24, 2.45) is 0 Å². The van der Waals surface area contributed by atoms with E-state index in [0.717, 1.165) is 11.0 Å². The summed E-state index contributed by atoms with van der Waals surface area (Å²) in [6.45, 7) is 3.36. The van der Waals surface area contributed by atoms with Crippen LogP contribution in [0.1, 0.15) is 68.3 Å². The van der Waals surface area contributed by atoms with E-state index >= 15 is 0 Å². The van der Waals surface area contributed by atoms with Crippen molar-refractivity contribution in [2.75, 3.05) is 12.3 Å². The van der Waals surface area contributed by atoms with Gasteiger partial charge in [0.15, 0.2) is 0 Å². The van der Waals surface area contributed by atoms with Crippen LogP contribution in [-0.2, 0) is 0 Å². The van der Waals surface area contributed by atoms with Crippen LogP contribution in [0.5, 0.6) is 0 Å². The third-order valence-corrected chi connectivity index (χ3v) is 8.79. The van der Waals surface area contributed by atoms with Crippen LogP contribution in [0.25, 0.3) is 11.0 Å². The lowest BCUT2D eigenvalue weighted by molar-refractivity contribution is 0.108. The number of fused-ring (bicyclic) bond motifs is 3. The molecule has 1 aliphatic carbocycles. The molecule has 1 aromatic heterocycles. The summed E-state index contributed by atoms with van der Waals surface area (Å²) in [5, 5.41) is 0. The van der Waals surface area contributed by atoms with Crippen molar-refractivity contribution in [2.45, 2.75) is 80.8 Å². The molecule has 3 nitrogen and oxygen atoms in total. The van der Waals surface area contributed by atoms with Gasteiger partial charge in [-0.05, 0) is 88.4 Å². The number of benzene rings is 2. The maximum absolute atomic E-state index is 13.8. The van der Waals surface area contributed by atoms with Crippen molar-refractivity contribution in [1.82, 2.24) is 14.5 Å². The zero-order valence-corrected chi connectivity index (χ0v) is 19.7. The predicted molar refractivity (Wildman–Crippen MR) is 130 cm³/mol. The SMILES string of the molecule is Cc1ccc(SCCCN2C3CCC2CC(n2c(C4CC4)nc4cc(F)ccc42)C3)cc1. The molecule has 1 saturated carbocycles. The highest BCUT2D eigenvalue weighted by atomic mass is 32.2. The minimum absolute atomic E-state index is 0.178. The zero-order chi connectivity index (χ0) is 21.7. The molecule has 2 aromatic carbocycles. The minimum atomic E-state index is -0.178. The van der Waals surface area contributed by atoms with Crippen LogP contribution in [0.15, 0.2) is 47.4 Å². The summed E-state index contributed by atoms with van der Waals surface area (Å²) in [6, 6.07) is 16.0. The van der Waals surface area contributed by atoms with Gasteiger partial charge in [-0.2, -0.15) is 0 Å². The topological polar surface area (TPSA) is 21.1 Å². The Bertz CT molecular complexity index is 1090. The number of aromatic nitrogens is 2. The van der Waals surface area contributed by atoms with E-state index in [1.165, 1.54) is 73.5 Å². The summed E-state index contributed by atoms with van der Waals surface area (Å²) in [5.74, 6) is 2.81. The van der Waals surface area contributed by atoms with E-state index in [9.17, 15) is 4.39 Å². The van der Waals surface area contributed by atoms with E-state index < -0.39 is 0 Å². The number of aryl methyl sites for hydroxylation is 1. The summed E-state index contributed by atoms with van der Waals surface area (Å²) in [4.78, 5) is 9.09. The lowest BCUT2D eigenvalue weighted by Crippen LogP contribution is -2.44. The molecule has 5 heteroatoms. The second-order valence-corrected chi connectivity index (χ2v) is 11.2. The van der Waals surface area contributed by atoms with Crippen LogP contribution in [0.4, 0.5) is 4.39 Å². The van der Waals surface area contributed by atoms with E-state index in [1.54, 1.807) is 12.1 Å². The molecule has 0 spiro atoms. The number of rotatable bonds is 7. The number of hydrogen-bond acceptors (Lipinski definition) is 3. The average molecular weight is 450 g/mol. The Kier molecular flexibility index (Phi) is 5.50. The summed E-state index contributed by atoms with van der Waals surface area (Å²) in [6.07, 6.45) is 8.79. The van der Waals surface area contributed by atoms with Crippen molar-refractivity contribution in [1.29, 1.82) is 0 Å². The van der Waals surface area contributed by atoms with Crippen LogP contribution < -0.4 is 0 Å². The van der Waals surface area contributed by atoms with Gasteiger partial charge in [-0.1, -0.05) is 17.7 Å². The van der Waals surface area contributed by atoms with Crippen molar-refractivity contribution in [3.8, 4) is 0 Å². The van der Waals surface area contributed by atoms with Gasteiger partial charge in [0.1, 0.15) is 11.6 Å². The van der Waals surface area contributed by atoms with Crippen LogP contribution in [-0.4, -0.2) is 38.8 Å². The van der Waals surface area contributed by atoms with Crippen LogP contribution in [0, 0.1) is 12.7 Å². The van der Waals surface area contributed by atoms with E-state index in [-0.39, 0.29) is 5.82 Å². The molecule has 0 amide bonds. The largest absolute Gasteiger partial charge is 0.325 e. The normalized spacial score (nSPS) is 25.6. The van der Waals surface area contributed by atoms with Gasteiger partial charge in [0.05, 0.1) is 11.0 Å². The van der Waals surface area contributed by atoms with Crippen LogP contribution >= 0.6 is 11.8 Å². The molecule has 2 atom stereocenters. The number of halogens is 1. The molecule has 3 aromatic rings. The standard InChI is InChI=1S/C27H32FN3S/c1-18-3-10-24(11-4-18)32-14-2-13-30-21-8-9-22(30)17-23(16-21)31-26-12-7-20(28)15-25(26)29-27(31)19-5-6-19/h3-4,7,10-12,15,19,21-23H,2,5-6,8-9,13-14,16-17H2,1H3. The van der Waals surface area contributed by atoms with E-state index in [0.29, 0.717) is 24.0 Å². The fourth-order valence-electron chi connectivity index (χ4n) is 6.00. The lowest BCUT2D eigenvalue weighted by Gasteiger charge is -2.40. The summed E-state index contributed by atoms with van der Waals surface area (Å²) in [5.41, 5.74) is 3.31. The monoisotopic (exact) mass is 449 g/mol. The molecule has 3 fully saturated rings. The van der Waals surface area contributed by atoms with Gasteiger partial charge in [0.25, 0.3) is 0 Å².